The maximum absolute atomic E-state index is 5.62. The van der Waals surface area contributed by atoms with E-state index in [1.54, 1.807) is 0 Å². The van der Waals surface area contributed by atoms with Crippen LogP contribution in [0.1, 0.15) is 44.3 Å². The van der Waals surface area contributed by atoms with Crippen LogP contribution in [0.5, 0.6) is 0 Å². The third-order valence-electron chi connectivity index (χ3n) is 4.52. The van der Waals surface area contributed by atoms with Crippen molar-refractivity contribution >= 4 is 0 Å². The lowest BCUT2D eigenvalue weighted by atomic mass is 9.78. The van der Waals surface area contributed by atoms with Gasteiger partial charge in [0.25, 0.3) is 0 Å². The number of hydrogen-bond donors (Lipinski definition) is 1. The number of nitrogens with one attached hydrogen (secondary N) is 1. The summed E-state index contributed by atoms with van der Waals surface area (Å²) in [5.41, 5.74) is 1.68. The molecule has 0 aliphatic carbocycles. The van der Waals surface area contributed by atoms with Crippen molar-refractivity contribution in [2.75, 3.05) is 26.3 Å². The highest BCUT2D eigenvalue weighted by molar-refractivity contribution is 5.16. The van der Waals surface area contributed by atoms with Gasteiger partial charge in [-0.05, 0) is 38.8 Å². The van der Waals surface area contributed by atoms with E-state index in [-0.39, 0.29) is 5.41 Å². The van der Waals surface area contributed by atoms with Crippen LogP contribution in [0.2, 0.25) is 0 Å². The monoisotopic (exact) mass is 249 g/mol. The van der Waals surface area contributed by atoms with Crippen molar-refractivity contribution in [2.24, 2.45) is 0 Å². The second-order valence-corrected chi connectivity index (χ2v) is 5.87. The van der Waals surface area contributed by atoms with E-state index in [1.165, 1.54) is 31.4 Å². The predicted octanol–water partition coefficient (Wildman–Crippen LogP) is 1.88. The summed E-state index contributed by atoms with van der Waals surface area (Å²) in [5, 5.41) is 3.45. The van der Waals surface area contributed by atoms with Gasteiger partial charge >= 0.3 is 0 Å². The van der Waals surface area contributed by atoms with E-state index in [0.29, 0.717) is 6.04 Å². The topological polar surface area (TPSA) is 39.1 Å². The lowest BCUT2D eigenvalue weighted by Gasteiger charge is -2.36. The molecule has 2 saturated heterocycles. The Labute approximate surface area is 109 Å². The molecule has 100 valence electrons. The smallest absolute Gasteiger partial charge is 0.0951 e. The summed E-state index contributed by atoms with van der Waals surface area (Å²) < 4.78 is 8.00. The molecule has 2 aliphatic heterocycles. The third kappa shape index (κ3) is 2.19. The first kappa shape index (κ1) is 12.2. The minimum absolute atomic E-state index is 0.277. The molecule has 1 N–H and O–H groups in total. The van der Waals surface area contributed by atoms with Crippen molar-refractivity contribution < 1.29 is 4.74 Å². The Morgan fingerprint density at radius 2 is 2.28 bits per heavy atom. The molecular formula is C14H23N3O. The van der Waals surface area contributed by atoms with Crippen molar-refractivity contribution in [1.29, 1.82) is 0 Å². The molecule has 1 aromatic heterocycles. The summed E-state index contributed by atoms with van der Waals surface area (Å²) in [6.45, 7) is 6.37. The summed E-state index contributed by atoms with van der Waals surface area (Å²) in [7, 11) is 0. The molecule has 4 nitrogen and oxygen atoms in total. The van der Waals surface area contributed by atoms with Crippen LogP contribution in [0, 0.1) is 0 Å². The minimum Gasteiger partial charge on any atom is -0.379 e. The van der Waals surface area contributed by atoms with Crippen molar-refractivity contribution in [2.45, 2.75) is 44.1 Å². The van der Waals surface area contributed by atoms with Crippen LogP contribution in [0.15, 0.2) is 12.5 Å². The molecule has 0 amide bonds. The van der Waals surface area contributed by atoms with Gasteiger partial charge in [0.05, 0.1) is 19.0 Å². The number of nitrogens with zero attached hydrogens (tertiary/aromatic N) is 2. The van der Waals surface area contributed by atoms with E-state index >= 15 is 0 Å². The van der Waals surface area contributed by atoms with Crippen molar-refractivity contribution in [3.63, 3.8) is 0 Å². The second-order valence-electron chi connectivity index (χ2n) is 5.87. The molecule has 0 bridgehead atoms. The Hall–Kier alpha value is -0.870. The van der Waals surface area contributed by atoms with E-state index in [1.807, 2.05) is 6.33 Å². The first-order valence-electron chi connectivity index (χ1n) is 7.10. The molecule has 2 fully saturated rings. The summed E-state index contributed by atoms with van der Waals surface area (Å²) in [5.74, 6) is 0. The number of piperidine rings is 1. The van der Waals surface area contributed by atoms with Gasteiger partial charge in [-0.2, -0.15) is 0 Å². The fraction of sp³-hybridized carbons (Fsp3) is 0.786. The average molecular weight is 249 g/mol. The van der Waals surface area contributed by atoms with E-state index < -0.39 is 0 Å². The van der Waals surface area contributed by atoms with Gasteiger partial charge in [0.15, 0.2) is 0 Å². The normalized spacial score (nSPS) is 28.2. The van der Waals surface area contributed by atoms with E-state index in [4.69, 9.17) is 4.74 Å². The summed E-state index contributed by atoms with van der Waals surface area (Å²) >= 11 is 0. The van der Waals surface area contributed by atoms with Crippen molar-refractivity contribution in [1.82, 2.24) is 14.9 Å². The molecule has 0 aromatic carbocycles. The zero-order valence-corrected chi connectivity index (χ0v) is 11.2. The summed E-state index contributed by atoms with van der Waals surface area (Å²) in [4.78, 5) is 4.40. The maximum Gasteiger partial charge on any atom is 0.0951 e. The fourth-order valence-electron chi connectivity index (χ4n) is 3.24. The Morgan fingerprint density at radius 1 is 1.44 bits per heavy atom. The maximum atomic E-state index is 5.62. The largest absolute Gasteiger partial charge is 0.379 e. The Morgan fingerprint density at radius 3 is 3.00 bits per heavy atom. The zero-order chi connectivity index (χ0) is 12.4. The highest BCUT2D eigenvalue weighted by Gasteiger charge is 2.33. The highest BCUT2D eigenvalue weighted by Crippen LogP contribution is 2.35. The lowest BCUT2D eigenvalue weighted by Crippen LogP contribution is -2.39. The summed E-state index contributed by atoms with van der Waals surface area (Å²) in [6.07, 6.45) is 8.86. The van der Waals surface area contributed by atoms with Gasteiger partial charge < -0.3 is 14.6 Å². The third-order valence-corrected chi connectivity index (χ3v) is 4.52. The van der Waals surface area contributed by atoms with Crippen LogP contribution in [-0.2, 0) is 10.2 Å². The average Bonchev–Trinajstić information content (AvgIpc) is 2.91. The van der Waals surface area contributed by atoms with Crippen LogP contribution in [0.3, 0.4) is 0 Å². The van der Waals surface area contributed by atoms with E-state index in [0.717, 1.165) is 26.3 Å². The molecule has 2 aliphatic rings. The summed E-state index contributed by atoms with van der Waals surface area (Å²) in [6, 6.07) is 0.489. The molecule has 18 heavy (non-hydrogen) atoms. The van der Waals surface area contributed by atoms with Crippen molar-refractivity contribution in [3.8, 4) is 0 Å². The molecule has 1 atom stereocenters. The van der Waals surface area contributed by atoms with Gasteiger partial charge in [0.1, 0.15) is 0 Å². The van der Waals surface area contributed by atoms with Crippen LogP contribution in [-0.4, -0.2) is 35.9 Å². The Kier molecular flexibility index (Phi) is 3.39. The van der Waals surface area contributed by atoms with Crippen LogP contribution < -0.4 is 5.32 Å². The quantitative estimate of drug-likeness (QED) is 0.870. The molecule has 1 aromatic rings. The van der Waals surface area contributed by atoms with E-state index in [2.05, 4.69) is 28.0 Å². The molecule has 0 spiro atoms. The molecule has 4 heteroatoms. The van der Waals surface area contributed by atoms with Gasteiger partial charge in [0.2, 0.25) is 0 Å². The molecule has 1 unspecified atom stereocenters. The van der Waals surface area contributed by atoms with Gasteiger partial charge in [-0.3, -0.25) is 0 Å². The molecule has 0 saturated carbocycles. The van der Waals surface area contributed by atoms with Crippen LogP contribution in [0.25, 0.3) is 0 Å². The van der Waals surface area contributed by atoms with E-state index in [9.17, 15) is 0 Å². The lowest BCUT2D eigenvalue weighted by molar-refractivity contribution is 0.0567. The standard InChI is InChI=1S/C14H23N3O/c1-14(4-6-15-7-5-14)13-9-16-11-17(13)12-3-2-8-18-10-12/h9,11-12,15H,2-8,10H2,1H3. The Balaban J connectivity index is 1.85. The van der Waals surface area contributed by atoms with Crippen LogP contribution in [0.4, 0.5) is 0 Å². The second kappa shape index (κ2) is 5.02. The first-order chi connectivity index (χ1) is 8.80. The first-order valence-corrected chi connectivity index (χ1v) is 7.10. The Bertz CT molecular complexity index is 389. The number of imidazole rings is 1. The number of rotatable bonds is 2. The van der Waals surface area contributed by atoms with Crippen molar-refractivity contribution in [3.05, 3.63) is 18.2 Å². The van der Waals surface area contributed by atoms with Gasteiger partial charge in [0, 0.05) is 23.9 Å². The molecule has 3 rings (SSSR count). The SMILES string of the molecule is CC1(c2cncn2C2CCCOC2)CCNCC1. The number of ether oxygens (including phenoxy) is 1. The zero-order valence-electron chi connectivity index (χ0n) is 11.2. The van der Waals surface area contributed by atoms with Gasteiger partial charge in [-0.25, -0.2) is 4.98 Å². The van der Waals surface area contributed by atoms with Crippen LogP contribution >= 0.6 is 0 Å². The minimum atomic E-state index is 0.277. The fourth-order valence-corrected chi connectivity index (χ4v) is 3.24. The molecule has 3 heterocycles. The predicted molar refractivity (Wildman–Crippen MR) is 70.8 cm³/mol. The number of aromatic nitrogens is 2. The highest BCUT2D eigenvalue weighted by atomic mass is 16.5. The molecular weight excluding hydrogens is 226 g/mol. The van der Waals surface area contributed by atoms with Gasteiger partial charge in [-0.15, -0.1) is 0 Å². The molecule has 0 radical (unpaired) electrons. The number of hydrogen-bond acceptors (Lipinski definition) is 3. The van der Waals surface area contributed by atoms with Gasteiger partial charge in [-0.1, -0.05) is 6.92 Å².